The molecule has 1 N–H and O–H groups in total. The SMILES string of the molecule is C=S1(=O)NC(=O)c2ccc3c(c2)N(C[C@@H]2CC[C@H]2[C@](CN2CCN4C(=O)[C@@H](C)OC[C@@H]4C2)(OC)/C=C/C[C@H](C)[C@H]1C)C[C@@]1(CCCc2cc(Cl)ccc21)CO3. The number of halogens is 1. The van der Waals surface area contributed by atoms with Crippen LogP contribution in [0.2, 0.25) is 5.02 Å². The molecule has 1 unspecified atom stereocenters. The predicted octanol–water partition coefficient (Wildman–Crippen LogP) is 5.50. The third-order valence-corrected chi connectivity index (χ3v) is 16.4. The van der Waals surface area contributed by atoms with Crippen LogP contribution < -0.4 is 14.4 Å². The molecular formula is C43H57ClN4O6S. The van der Waals surface area contributed by atoms with Gasteiger partial charge in [0.25, 0.3) is 11.8 Å². The monoisotopic (exact) mass is 792 g/mol. The molecule has 298 valence electrons. The van der Waals surface area contributed by atoms with Crippen LogP contribution in [0.3, 0.4) is 0 Å². The lowest BCUT2D eigenvalue weighted by Gasteiger charge is -2.53. The number of aryl methyl sites for hydroxylation is 1. The van der Waals surface area contributed by atoms with Crippen LogP contribution in [0.25, 0.3) is 0 Å². The molecule has 3 fully saturated rings. The third kappa shape index (κ3) is 7.22. The quantitative estimate of drug-likeness (QED) is 0.322. The highest BCUT2D eigenvalue weighted by molar-refractivity contribution is 7.99. The number of morpholine rings is 1. The topological polar surface area (TPSA) is 101 Å². The molecule has 55 heavy (non-hydrogen) atoms. The third-order valence-electron chi connectivity index (χ3n) is 14.0. The number of piperazine rings is 1. The van der Waals surface area contributed by atoms with Crippen molar-refractivity contribution in [3.05, 3.63) is 70.3 Å². The van der Waals surface area contributed by atoms with Gasteiger partial charge in [0.1, 0.15) is 17.5 Å². The summed E-state index contributed by atoms with van der Waals surface area (Å²) in [5.41, 5.74) is 3.04. The Morgan fingerprint density at radius 2 is 1.93 bits per heavy atom. The average molecular weight is 793 g/mol. The fourth-order valence-corrected chi connectivity index (χ4v) is 12.0. The molecule has 10 nitrogen and oxygen atoms in total. The Morgan fingerprint density at radius 3 is 2.71 bits per heavy atom. The highest BCUT2D eigenvalue weighted by Gasteiger charge is 2.50. The summed E-state index contributed by atoms with van der Waals surface area (Å²) in [6.45, 7) is 11.3. The maximum Gasteiger partial charge on any atom is 0.262 e. The summed E-state index contributed by atoms with van der Waals surface area (Å²) < 4.78 is 36.3. The van der Waals surface area contributed by atoms with Gasteiger partial charge in [-0.25, -0.2) is 4.21 Å². The first-order chi connectivity index (χ1) is 26.3. The van der Waals surface area contributed by atoms with Gasteiger partial charge < -0.3 is 24.0 Å². The number of nitrogens with one attached hydrogen (secondary N) is 1. The second-order valence-electron chi connectivity index (χ2n) is 17.3. The molecule has 2 aliphatic carbocycles. The van der Waals surface area contributed by atoms with Crippen LogP contribution >= 0.6 is 11.6 Å². The first kappa shape index (κ1) is 38.8. The van der Waals surface area contributed by atoms with Crippen LogP contribution in [-0.4, -0.2) is 114 Å². The van der Waals surface area contributed by atoms with E-state index >= 15 is 0 Å². The number of anilines is 1. The van der Waals surface area contributed by atoms with E-state index in [0.29, 0.717) is 44.2 Å². The van der Waals surface area contributed by atoms with Crippen molar-refractivity contribution in [2.24, 2.45) is 17.8 Å². The normalized spacial score (nSPS) is 37.4. The predicted molar refractivity (Wildman–Crippen MR) is 219 cm³/mol. The van der Waals surface area contributed by atoms with Gasteiger partial charge in [0, 0.05) is 67.6 Å². The van der Waals surface area contributed by atoms with E-state index < -0.39 is 21.4 Å². The summed E-state index contributed by atoms with van der Waals surface area (Å²) in [6.07, 6.45) is 9.84. The van der Waals surface area contributed by atoms with Gasteiger partial charge in [0.15, 0.2) is 0 Å². The Kier molecular flexibility index (Phi) is 10.6. The first-order valence-corrected chi connectivity index (χ1v) is 22.3. The van der Waals surface area contributed by atoms with Crippen LogP contribution in [0.5, 0.6) is 5.75 Å². The molecule has 4 aliphatic heterocycles. The highest BCUT2D eigenvalue weighted by atomic mass is 35.5. The van der Waals surface area contributed by atoms with E-state index in [2.05, 4.69) is 51.6 Å². The largest absolute Gasteiger partial charge is 0.490 e. The average Bonchev–Trinajstić information content (AvgIpc) is 3.30. The molecule has 8 rings (SSSR count). The van der Waals surface area contributed by atoms with Gasteiger partial charge in [-0.3, -0.25) is 19.2 Å². The molecule has 4 heterocycles. The molecule has 2 aromatic carbocycles. The zero-order chi connectivity index (χ0) is 38.7. The highest BCUT2D eigenvalue weighted by Crippen LogP contribution is 2.49. The number of fused-ring (bicyclic) bond motifs is 5. The van der Waals surface area contributed by atoms with Crippen molar-refractivity contribution in [3.63, 3.8) is 0 Å². The molecule has 2 aromatic rings. The number of benzene rings is 2. The van der Waals surface area contributed by atoms with Crippen LogP contribution in [0, 0.1) is 17.8 Å². The molecular weight excluding hydrogens is 736 g/mol. The molecule has 2 saturated heterocycles. The van der Waals surface area contributed by atoms with Crippen molar-refractivity contribution in [2.45, 2.75) is 87.7 Å². The van der Waals surface area contributed by atoms with Crippen LogP contribution in [0.4, 0.5) is 5.69 Å². The molecule has 12 heteroatoms. The molecule has 9 atom stereocenters. The first-order valence-electron chi connectivity index (χ1n) is 20.2. The van der Waals surface area contributed by atoms with Crippen LogP contribution in [0.15, 0.2) is 48.6 Å². The van der Waals surface area contributed by atoms with Crippen LogP contribution in [0.1, 0.15) is 74.4 Å². The van der Waals surface area contributed by atoms with E-state index in [0.717, 1.165) is 74.7 Å². The van der Waals surface area contributed by atoms with Crippen molar-refractivity contribution in [2.75, 3.05) is 64.5 Å². The number of hydrogen-bond donors (Lipinski definition) is 1. The minimum Gasteiger partial charge on any atom is -0.490 e. The minimum atomic E-state index is -2.99. The van der Waals surface area contributed by atoms with Crippen molar-refractivity contribution in [3.8, 4) is 5.75 Å². The number of ether oxygens (including phenoxy) is 3. The van der Waals surface area contributed by atoms with E-state index in [-0.39, 0.29) is 40.4 Å². The van der Waals surface area contributed by atoms with Crippen LogP contribution in [-0.2, 0) is 35.8 Å². The van der Waals surface area contributed by atoms with Crippen molar-refractivity contribution >= 4 is 44.7 Å². The lowest BCUT2D eigenvalue weighted by Crippen LogP contribution is -2.65. The maximum absolute atomic E-state index is 14.1. The number of hydrogen-bond acceptors (Lipinski definition) is 8. The van der Waals surface area contributed by atoms with Crippen molar-refractivity contribution in [1.29, 1.82) is 0 Å². The molecule has 6 aliphatic rings. The number of rotatable bonds is 3. The zero-order valence-corrected chi connectivity index (χ0v) is 34.3. The second-order valence-corrected chi connectivity index (χ2v) is 20.1. The molecule has 1 spiro atoms. The fraction of sp³-hybridized carbons (Fsp3) is 0.605. The Labute approximate surface area is 332 Å². The number of amides is 2. The molecule has 2 amide bonds. The van der Waals surface area contributed by atoms with Gasteiger partial charge in [0.05, 0.1) is 34.7 Å². The number of carbonyl (C=O) groups excluding carboxylic acids is 2. The fourth-order valence-electron chi connectivity index (χ4n) is 10.3. The Morgan fingerprint density at radius 1 is 1.09 bits per heavy atom. The van der Waals surface area contributed by atoms with Gasteiger partial charge >= 0.3 is 0 Å². The number of nitrogens with zero attached hydrogens (tertiary/aromatic N) is 3. The smallest absolute Gasteiger partial charge is 0.262 e. The minimum absolute atomic E-state index is 0.0162. The Hall–Kier alpha value is -3.09. The molecule has 0 radical (unpaired) electrons. The van der Waals surface area contributed by atoms with E-state index in [4.69, 9.17) is 25.8 Å². The second kappa shape index (κ2) is 15.0. The van der Waals surface area contributed by atoms with Crippen molar-refractivity contribution < 1.29 is 28.0 Å². The Bertz CT molecular complexity index is 1960. The molecule has 2 bridgehead atoms. The summed E-state index contributed by atoms with van der Waals surface area (Å²) in [6, 6.07) is 11.9. The van der Waals surface area contributed by atoms with E-state index in [1.165, 1.54) is 11.1 Å². The zero-order valence-electron chi connectivity index (χ0n) is 32.8. The summed E-state index contributed by atoms with van der Waals surface area (Å²) in [7, 11) is -1.15. The van der Waals surface area contributed by atoms with Gasteiger partial charge in [0.2, 0.25) is 0 Å². The lowest BCUT2D eigenvalue weighted by molar-refractivity contribution is -0.164. The van der Waals surface area contributed by atoms with Gasteiger partial charge in [-0.1, -0.05) is 36.7 Å². The van der Waals surface area contributed by atoms with E-state index in [9.17, 15) is 13.8 Å². The maximum atomic E-state index is 14.1. The van der Waals surface area contributed by atoms with Gasteiger partial charge in [-0.05, 0) is 117 Å². The Balaban J connectivity index is 1.18. The number of allylic oxidation sites excluding steroid dienone is 1. The molecule has 1 saturated carbocycles. The van der Waals surface area contributed by atoms with Crippen molar-refractivity contribution in [1.82, 2.24) is 14.5 Å². The van der Waals surface area contributed by atoms with E-state index in [1.54, 1.807) is 6.07 Å². The number of carbonyl (C=O) groups is 2. The molecule has 0 aromatic heterocycles. The lowest BCUT2D eigenvalue weighted by atomic mass is 9.63. The summed E-state index contributed by atoms with van der Waals surface area (Å²) in [5, 5.41) is 0.377. The summed E-state index contributed by atoms with van der Waals surface area (Å²) in [5.74, 6) is 5.02. The summed E-state index contributed by atoms with van der Waals surface area (Å²) in [4.78, 5) is 33.7. The standard InChI is InChI=1S/C43H57ClN4O6S/c1-28-8-6-17-43(52-4,26-46-18-19-48-35(23-46)24-53-29(2)41(48)50)37-13-10-33(37)22-47-25-42(16-7-9-31-20-34(44)12-14-36(31)42)27-54-39-15-11-32(21-38(39)47)40(49)45-55(5,51)30(28)3/h6,11-12,14-15,17,20-21,28-30,33,35,37H,5,7-10,13,16,18-19,22-27H2,1-4H3,(H,45,49,51)/b17-6+/t28-,29+,30+,33-,35-,37+,42-,43-,55?/m0/s1. The van der Waals surface area contributed by atoms with E-state index in [1.807, 2.05) is 44.1 Å². The summed E-state index contributed by atoms with van der Waals surface area (Å²) >= 11 is 6.52. The van der Waals surface area contributed by atoms with Gasteiger partial charge in [-0.2, -0.15) is 0 Å². The van der Waals surface area contributed by atoms with Gasteiger partial charge in [-0.15, -0.1) is 0 Å². The number of methoxy groups -OCH3 is 1.